The Hall–Kier alpha value is -1.63. The number of thiazole rings is 1. The van der Waals surface area contributed by atoms with Gasteiger partial charge in [-0.3, -0.25) is 4.79 Å². The molecule has 112 valence electrons. The monoisotopic (exact) mass is 325 g/mol. The minimum absolute atomic E-state index is 0.136. The van der Waals surface area contributed by atoms with Crippen LogP contribution in [0.15, 0.2) is 23.6 Å². The molecule has 1 amide bonds. The first-order valence-corrected chi connectivity index (χ1v) is 7.78. The van der Waals surface area contributed by atoms with E-state index in [1.165, 1.54) is 11.3 Å². The zero-order valence-corrected chi connectivity index (χ0v) is 13.1. The quantitative estimate of drug-likeness (QED) is 0.855. The number of halogens is 1. The molecule has 0 fully saturated rings. The van der Waals surface area contributed by atoms with Crippen molar-refractivity contribution in [2.45, 2.75) is 13.3 Å². The van der Waals surface area contributed by atoms with E-state index in [0.29, 0.717) is 29.1 Å². The van der Waals surface area contributed by atoms with Crippen molar-refractivity contribution in [3.05, 3.63) is 28.6 Å². The summed E-state index contributed by atoms with van der Waals surface area (Å²) >= 11 is 7.52. The van der Waals surface area contributed by atoms with Crippen LogP contribution in [0.3, 0.4) is 0 Å². The largest absolute Gasteiger partial charge is 0.492 e. The maximum atomic E-state index is 11.5. The highest BCUT2D eigenvalue weighted by atomic mass is 35.5. The lowest BCUT2D eigenvalue weighted by Gasteiger charge is -2.06. The average Bonchev–Trinajstić information content (AvgIpc) is 2.90. The van der Waals surface area contributed by atoms with Crippen molar-refractivity contribution in [3.8, 4) is 17.0 Å². The molecule has 7 heteroatoms. The van der Waals surface area contributed by atoms with Gasteiger partial charge in [-0.1, -0.05) is 11.6 Å². The molecule has 5 nitrogen and oxygen atoms in total. The van der Waals surface area contributed by atoms with Gasteiger partial charge in [-0.05, 0) is 25.1 Å². The van der Waals surface area contributed by atoms with E-state index >= 15 is 0 Å². The van der Waals surface area contributed by atoms with Crippen molar-refractivity contribution in [1.29, 1.82) is 0 Å². The predicted octanol–water partition coefficient (Wildman–Crippen LogP) is 3.15. The first-order chi connectivity index (χ1) is 10.1. The lowest BCUT2D eigenvalue weighted by molar-refractivity contribution is -0.116. The van der Waals surface area contributed by atoms with Crippen LogP contribution < -0.4 is 15.8 Å². The number of amides is 1. The van der Waals surface area contributed by atoms with Gasteiger partial charge in [0.15, 0.2) is 5.13 Å². The van der Waals surface area contributed by atoms with Crippen LogP contribution in [0.2, 0.25) is 5.02 Å². The van der Waals surface area contributed by atoms with Gasteiger partial charge in [-0.15, -0.1) is 11.3 Å². The Balaban J connectivity index is 2.14. The van der Waals surface area contributed by atoms with E-state index in [4.69, 9.17) is 22.1 Å². The van der Waals surface area contributed by atoms with Gasteiger partial charge in [-0.25, -0.2) is 4.98 Å². The van der Waals surface area contributed by atoms with Crippen LogP contribution >= 0.6 is 22.9 Å². The zero-order valence-electron chi connectivity index (χ0n) is 11.6. The number of benzene rings is 1. The van der Waals surface area contributed by atoms with E-state index in [0.717, 1.165) is 11.3 Å². The SMILES string of the molecule is CCOc1ccc(-c2csc(NC(=O)CCN)n2)cc1Cl. The molecular weight excluding hydrogens is 310 g/mol. The van der Waals surface area contributed by atoms with Gasteiger partial charge in [0.05, 0.1) is 17.3 Å². The van der Waals surface area contributed by atoms with Gasteiger partial charge >= 0.3 is 0 Å². The molecule has 1 aromatic heterocycles. The standard InChI is InChI=1S/C14H16ClN3O2S/c1-2-20-12-4-3-9(7-10(12)15)11-8-21-14(17-11)18-13(19)5-6-16/h3-4,7-8H,2,5-6,16H2,1H3,(H,17,18,19). The molecule has 0 spiro atoms. The molecule has 21 heavy (non-hydrogen) atoms. The normalized spacial score (nSPS) is 10.4. The van der Waals surface area contributed by atoms with Crippen LogP contribution in [0.4, 0.5) is 5.13 Å². The Morgan fingerprint density at radius 2 is 2.33 bits per heavy atom. The molecule has 0 aliphatic rings. The highest BCUT2D eigenvalue weighted by molar-refractivity contribution is 7.14. The maximum Gasteiger partial charge on any atom is 0.227 e. The Kier molecular flexibility index (Phi) is 5.55. The third-order valence-electron chi connectivity index (χ3n) is 2.65. The number of hydrogen-bond donors (Lipinski definition) is 2. The van der Waals surface area contributed by atoms with Gasteiger partial charge in [0, 0.05) is 23.9 Å². The van der Waals surface area contributed by atoms with E-state index < -0.39 is 0 Å². The van der Waals surface area contributed by atoms with E-state index in [2.05, 4.69) is 10.3 Å². The maximum absolute atomic E-state index is 11.5. The predicted molar refractivity (Wildman–Crippen MR) is 86.0 cm³/mol. The molecule has 0 unspecified atom stereocenters. The summed E-state index contributed by atoms with van der Waals surface area (Å²) in [6.45, 7) is 2.78. The number of rotatable bonds is 6. The number of carbonyl (C=O) groups is 1. The smallest absolute Gasteiger partial charge is 0.227 e. The molecule has 0 atom stereocenters. The second-order valence-corrected chi connectivity index (χ2v) is 5.47. The van der Waals surface area contributed by atoms with E-state index in [9.17, 15) is 4.79 Å². The van der Waals surface area contributed by atoms with Crippen LogP contribution in [0.5, 0.6) is 5.75 Å². The van der Waals surface area contributed by atoms with E-state index in [-0.39, 0.29) is 12.3 Å². The Labute approximate surface area is 132 Å². The van der Waals surface area contributed by atoms with Crippen molar-refractivity contribution >= 4 is 34.0 Å². The molecule has 0 radical (unpaired) electrons. The molecule has 1 aromatic carbocycles. The summed E-state index contributed by atoms with van der Waals surface area (Å²) in [6.07, 6.45) is 0.282. The summed E-state index contributed by atoms with van der Waals surface area (Å²) in [7, 11) is 0. The number of nitrogens with two attached hydrogens (primary N) is 1. The first kappa shape index (κ1) is 15.8. The Bertz CT molecular complexity index is 630. The van der Waals surface area contributed by atoms with Gasteiger partial charge < -0.3 is 15.8 Å². The highest BCUT2D eigenvalue weighted by Crippen LogP contribution is 2.31. The van der Waals surface area contributed by atoms with Crippen LogP contribution in [-0.2, 0) is 4.79 Å². The summed E-state index contributed by atoms with van der Waals surface area (Å²) in [5, 5.41) is 5.66. The Morgan fingerprint density at radius 3 is 3.00 bits per heavy atom. The topological polar surface area (TPSA) is 77.2 Å². The van der Waals surface area contributed by atoms with E-state index in [1.54, 1.807) is 6.07 Å². The van der Waals surface area contributed by atoms with Crippen LogP contribution in [0.1, 0.15) is 13.3 Å². The average molecular weight is 326 g/mol. The summed E-state index contributed by atoms with van der Waals surface area (Å²) in [5.74, 6) is 0.512. The number of carbonyl (C=O) groups excluding carboxylic acids is 1. The van der Waals surface area contributed by atoms with Crippen molar-refractivity contribution in [2.75, 3.05) is 18.5 Å². The highest BCUT2D eigenvalue weighted by Gasteiger charge is 2.09. The number of aromatic nitrogens is 1. The number of nitrogens with zero attached hydrogens (tertiary/aromatic N) is 1. The molecule has 1 heterocycles. The van der Waals surface area contributed by atoms with Crippen molar-refractivity contribution in [3.63, 3.8) is 0 Å². The van der Waals surface area contributed by atoms with E-state index in [1.807, 2.05) is 24.4 Å². The van der Waals surface area contributed by atoms with Crippen molar-refractivity contribution in [2.24, 2.45) is 5.73 Å². The van der Waals surface area contributed by atoms with Crippen LogP contribution in [0.25, 0.3) is 11.3 Å². The molecule has 2 rings (SSSR count). The summed E-state index contributed by atoms with van der Waals surface area (Å²) < 4.78 is 5.39. The van der Waals surface area contributed by atoms with Crippen molar-refractivity contribution < 1.29 is 9.53 Å². The zero-order chi connectivity index (χ0) is 15.2. The third kappa shape index (κ3) is 4.17. The molecule has 2 aromatic rings. The van der Waals surface area contributed by atoms with Gasteiger partial charge in [-0.2, -0.15) is 0 Å². The number of anilines is 1. The van der Waals surface area contributed by atoms with Gasteiger partial charge in [0.2, 0.25) is 5.91 Å². The summed E-state index contributed by atoms with van der Waals surface area (Å²) in [5.41, 5.74) is 6.96. The fourth-order valence-corrected chi connectivity index (χ4v) is 2.68. The molecular formula is C14H16ClN3O2S. The summed E-state index contributed by atoms with van der Waals surface area (Å²) in [6, 6.07) is 5.50. The van der Waals surface area contributed by atoms with Gasteiger partial charge in [0.1, 0.15) is 5.75 Å². The first-order valence-electron chi connectivity index (χ1n) is 6.52. The Morgan fingerprint density at radius 1 is 1.52 bits per heavy atom. The molecule has 0 saturated heterocycles. The van der Waals surface area contributed by atoms with Crippen LogP contribution in [0, 0.1) is 0 Å². The number of ether oxygens (including phenoxy) is 1. The lowest BCUT2D eigenvalue weighted by atomic mass is 10.2. The molecule has 0 aliphatic carbocycles. The lowest BCUT2D eigenvalue weighted by Crippen LogP contribution is -2.15. The molecule has 0 saturated carbocycles. The molecule has 0 aliphatic heterocycles. The third-order valence-corrected chi connectivity index (χ3v) is 3.70. The minimum atomic E-state index is -0.136. The number of nitrogens with one attached hydrogen (secondary N) is 1. The van der Waals surface area contributed by atoms with Gasteiger partial charge in [0.25, 0.3) is 0 Å². The molecule has 3 N–H and O–H groups in total. The van der Waals surface area contributed by atoms with Crippen molar-refractivity contribution in [1.82, 2.24) is 4.98 Å². The summed E-state index contributed by atoms with van der Waals surface area (Å²) in [4.78, 5) is 15.8. The number of hydrogen-bond acceptors (Lipinski definition) is 5. The fraction of sp³-hybridized carbons (Fsp3) is 0.286. The molecule has 0 bridgehead atoms. The second kappa shape index (κ2) is 7.40. The minimum Gasteiger partial charge on any atom is -0.492 e. The second-order valence-electron chi connectivity index (χ2n) is 4.20. The van der Waals surface area contributed by atoms with Crippen LogP contribution in [-0.4, -0.2) is 24.0 Å². The fourth-order valence-electron chi connectivity index (χ4n) is 1.71.